The van der Waals surface area contributed by atoms with Gasteiger partial charge in [0, 0.05) is 42.8 Å². The highest BCUT2D eigenvalue weighted by atomic mass is 32.1. The van der Waals surface area contributed by atoms with Crippen molar-refractivity contribution in [2.75, 3.05) is 20.3 Å². The van der Waals surface area contributed by atoms with Crippen molar-refractivity contribution in [3.05, 3.63) is 63.7 Å². The van der Waals surface area contributed by atoms with Gasteiger partial charge >= 0.3 is 5.97 Å². The molecule has 3 aromatic rings. The number of ether oxygens (including phenoxy) is 2. The zero-order valence-electron chi connectivity index (χ0n) is 18.0. The molecule has 0 saturated carbocycles. The average molecular weight is 445 g/mol. The molecular weight excluding hydrogens is 419 g/mol. The number of esters is 1. The lowest BCUT2D eigenvalue weighted by molar-refractivity contribution is 0.0478. The number of ketones is 1. The van der Waals surface area contributed by atoms with Crippen LogP contribution in [-0.4, -0.2) is 41.6 Å². The first-order valence-corrected chi connectivity index (χ1v) is 10.7. The number of hydrogen-bond donors (Lipinski definition) is 0. The maximum Gasteiger partial charge on any atom is 0.350 e. The van der Waals surface area contributed by atoms with Crippen molar-refractivity contribution < 1.29 is 23.5 Å². The van der Waals surface area contributed by atoms with E-state index in [4.69, 9.17) is 9.47 Å². The highest BCUT2D eigenvalue weighted by Gasteiger charge is 2.21. The van der Waals surface area contributed by atoms with Gasteiger partial charge in [-0.1, -0.05) is 0 Å². The molecule has 0 radical (unpaired) electrons. The van der Waals surface area contributed by atoms with Crippen LogP contribution in [0.2, 0.25) is 0 Å². The van der Waals surface area contributed by atoms with Gasteiger partial charge in [0.25, 0.3) is 0 Å². The quantitative estimate of drug-likeness (QED) is 0.271. The summed E-state index contributed by atoms with van der Waals surface area (Å²) in [5, 5.41) is 0.593. The summed E-state index contributed by atoms with van der Waals surface area (Å²) < 4.78 is 25.6. The van der Waals surface area contributed by atoms with E-state index >= 15 is 0 Å². The molecule has 0 aliphatic rings. The number of methoxy groups -OCH3 is 1. The fourth-order valence-corrected chi connectivity index (χ4v) is 4.34. The number of thiazole rings is 1. The summed E-state index contributed by atoms with van der Waals surface area (Å²) in [7, 11) is 1.66. The van der Waals surface area contributed by atoms with E-state index in [0.717, 1.165) is 35.7 Å². The first-order chi connectivity index (χ1) is 14.8. The second kappa shape index (κ2) is 9.98. The molecule has 0 atom stereocenters. The fourth-order valence-electron chi connectivity index (χ4n) is 3.37. The average Bonchev–Trinajstić information content (AvgIpc) is 3.27. The van der Waals surface area contributed by atoms with Crippen LogP contribution in [0.4, 0.5) is 4.39 Å². The number of carbonyl (C=O) groups is 2. The van der Waals surface area contributed by atoms with E-state index in [2.05, 4.69) is 9.55 Å². The Morgan fingerprint density at radius 3 is 2.55 bits per heavy atom. The van der Waals surface area contributed by atoms with E-state index in [-0.39, 0.29) is 18.2 Å². The van der Waals surface area contributed by atoms with Crippen LogP contribution in [0.15, 0.2) is 30.3 Å². The summed E-state index contributed by atoms with van der Waals surface area (Å²) in [6, 6.07) is 7.72. The van der Waals surface area contributed by atoms with Gasteiger partial charge in [0.2, 0.25) is 5.78 Å². The molecule has 0 amide bonds. The zero-order valence-corrected chi connectivity index (χ0v) is 18.8. The van der Waals surface area contributed by atoms with E-state index < -0.39 is 5.97 Å². The van der Waals surface area contributed by atoms with Crippen molar-refractivity contribution in [3.8, 4) is 10.6 Å². The number of hydrogen-bond acceptors (Lipinski definition) is 6. The second-order valence-electron chi connectivity index (χ2n) is 7.22. The molecule has 0 aliphatic heterocycles. The van der Waals surface area contributed by atoms with Gasteiger partial charge < -0.3 is 14.0 Å². The van der Waals surface area contributed by atoms with Gasteiger partial charge in [0.1, 0.15) is 15.7 Å². The SMILES string of the molecule is COCCCn1c(C)cc(C(=O)COC(=O)c2sc(-c3ccc(F)cc3)nc2C)c1C. The Morgan fingerprint density at radius 2 is 1.87 bits per heavy atom. The maximum atomic E-state index is 13.1. The number of halogens is 1. The first kappa shape index (κ1) is 22.8. The van der Waals surface area contributed by atoms with Crippen LogP contribution < -0.4 is 0 Å². The maximum absolute atomic E-state index is 13.1. The molecule has 31 heavy (non-hydrogen) atoms. The van der Waals surface area contributed by atoms with Gasteiger partial charge in [-0.05, 0) is 57.5 Å². The molecule has 8 heteroatoms. The van der Waals surface area contributed by atoms with Crippen molar-refractivity contribution in [1.82, 2.24) is 9.55 Å². The molecule has 0 bridgehead atoms. The number of carbonyl (C=O) groups excluding carboxylic acids is 2. The lowest BCUT2D eigenvalue weighted by Crippen LogP contribution is -2.15. The summed E-state index contributed by atoms with van der Waals surface area (Å²) in [6.45, 7) is 6.59. The Bertz CT molecular complexity index is 1090. The van der Waals surface area contributed by atoms with Crippen LogP contribution in [0.3, 0.4) is 0 Å². The predicted molar refractivity (Wildman–Crippen MR) is 117 cm³/mol. The van der Waals surface area contributed by atoms with Gasteiger partial charge in [-0.3, -0.25) is 4.79 Å². The van der Waals surface area contributed by atoms with Crippen molar-refractivity contribution in [1.29, 1.82) is 0 Å². The van der Waals surface area contributed by atoms with E-state index in [0.29, 0.717) is 33.3 Å². The Hall–Kier alpha value is -2.84. The summed E-state index contributed by atoms with van der Waals surface area (Å²) in [5.74, 6) is -1.18. The number of aryl methyl sites for hydroxylation is 2. The summed E-state index contributed by atoms with van der Waals surface area (Å²) in [5.41, 5.74) is 3.60. The normalized spacial score (nSPS) is 11.0. The molecule has 164 valence electrons. The predicted octanol–water partition coefficient (Wildman–Crippen LogP) is 4.75. The monoisotopic (exact) mass is 444 g/mol. The van der Waals surface area contributed by atoms with Gasteiger partial charge in [-0.2, -0.15) is 0 Å². The molecule has 6 nitrogen and oxygen atoms in total. The second-order valence-corrected chi connectivity index (χ2v) is 8.22. The third kappa shape index (κ3) is 5.26. The van der Waals surface area contributed by atoms with Crippen molar-refractivity contribution in [3.63, 3.8) is 0 Å². The highest BCUT2D eigenvalue weighted by Crippen LogP contribution is 2.28. The third-order valence-electron chi connectivity index (χ3n) is 5.01. The van der Waals surface area contributed by atoms with Crippen LogP contribution in [0.5, 0.6) is 0 Å². The highest BCUT2D eigenvalue weighted by molar-refractivity contribution is 7.17. The van der Waals surface area contributed by atoms with Crippen molar-refractivity contribution in [2.45, 2.75) is 33.7 Å². The molecule has 3 rings (SSSR count). The van der Waals surface area contributed by atoms with Gasteiger partial charge in [0.15, 0.2) is 6.61 Å². The molecule has 1 aromatic carbocycles. The number of Topliss-reactive ketones (excluding diaryl/α,β-unsaturated/α-hetero) is 1. The van der Waals surface area contributed by atoms with Gasteiger partial charge in [-0.15, -0.1) is 11.3 Å². The van der Waals surface area contributed by atoms with Crippen molar-refractivity contribution in [2.24, 2.45) is 0 Å². The number of rotatable bonds is 9. The van der Waals surface area contributed by atoms with E-state index in [1.807, 2.05) is 19.9 Å². The topological polar surface area (TPSA) is 70.4 Å². The summed E-state index contributed by atoms with van der Waals surface area (Å²) in [6.07, 6.45) is 0.844. The van der Waals surface area contributed by atoms with Crippen LogP contribution in [0, 0.1) is 26.6 Å². The molecule has 0 aliphatic carbocycles. The fraction of sp³-hybridized carbons (Fsp3) is 0.348. The summed E-state index contributed by atoms with van der Waals surface area (Å²) in [4.78, 5) is 29.9. The Morgan fingerprint density at radius 1 is 1.16 bits per heavy atom. The Labute approximate surface area is 184 Å². The molecule has 0 N–H and O–H groups in total. The van der Waals surface area contributed by atoms with Crippen LogP contribution >= 0.6 is 11.3 Å². The first-order valence-electron chi connectivity index (χ1n) is 9.91. The standard InChI is InChI=1S/C23H25FN2O4S/c1-14-12-19(16(3)26(14)10-5-11-29-4)20(27)13-30-23(28)21-15(2)25-22(31-21)17-6-8-18(24)9-7-17/h6-9,12H,5,10-11,13H2,1-4H3. The molecule has 0 saturated heterocycles. The van der Waals surface area contributed by atoms with Crippen LogP contribution in [0.1, 0.15) is 43.5 Å². The molecule has 0 fully saturated rings. The van der Waals surface area contributed by atoms with Gasteiger partial charge in [-0.25, -0.2) is 14.2 Å². The van der Waals surface area contributed by atoms with E-state index in [9.17, 15) is 14.0 Å². The minimum Gasteiger partial charge on any atom is -0.453 e. The largest absolute Gasteiger partial charge is 0.453 e. The Kier molecular flexibility index (Phi) is 7.35. The number of nitrogens with zero attached hydrogens (tertiary/aromatic N) is 2. The van der Waals surface area contributed by atoms with Crippen molar-refractivity contribution >= 4 is 23.1 Å². The van der Waals surface area contributed by atoms with E-state index in [1.165, 1.54) is 12.1 Å². The van der Waals surface area contributed by atoms with Gasteiger partial charge in [0.05, 0.1) is 5.69 Å². The molecular formula is C23H25FN2O4S. The van der Waals surface area contributed by atoms with Crippen LogP contribution in [-0.2, 0) is 16.0 Å². The van der Waals surface area contributed by atoms with E-state index in [1.54, 1.807) is 26.2 Å². The summed E-state index contributed by atoms with van der Waals surface area (Å²) >= 11 is 1.16. The Balaban J connectivity index is 1.66. The number of benzene rings is 1. The third-order valence-corrected chi connectivity index (χ3v) is 6.20. The van der Waals surface area contributed by atoms with Crippen LogP contribution in [0.25, 0.3) is 10.6 Å². The minimum atomic E-state index is -0.592. The smallest absolute Gasteiger partial charge is 0.350 e. The molecule has 0 spiro atoms. The lowest BCUT2D eigenvalue weighted by Gasteiger charge is -2.09. The molecule has 2 aromatic heterocycles. The zero-order chi connectivity index (χ0) is 22.5. The minimum absolute atomic E-state index is 0.250. The lowest BCUT2D eigenvalue weighted by atomic mass is 10.1. The number of aromatic nitrogens is 2. The molecule has 0 unspecified atom stereocenters. The molecule has 2 heterocycles.